The molecule has 7 nitrogen and oxygen atoms in total. The molecule has 3 rings (SSSR count). The highest BCUT2D eigenvalue weighted by Crippen LogP contribution is 2.38. The molecule has 0 saturated heterocycles. The maximum absolute atomic E-state index is 11.9. The molecule has 0 aromatic heterocycles. The number of imide groups is 1. The van der Waals surface area contributed by atoms with E-state index >= 15 is 0 Å². The standard InChI is InChI=1S/C19H16ClNO6/c20-14-8-12(9-15-18(14)26-7-6-25-15)10-17(23)27-11-16(22)21-19(24)13-4-2-1-3-5-13/h1-5,8-9H,6-7,10-11H2,(H,21,22,24). The normalized spacial score (nSPS) is 12.2. The van der Waals surface area contributed by atoms with Crippen LogP contribution >= 0.6 is 11.6 Å². The summed E-state index contributed by atoms with van der Waals surface area (Å²) in [6.07, 6.45) is -0.101. The van der Waals surface area contributed by atoms with Crippen molar-refractivity contribution in [2.24, 2.45) is 0 Å². The van der Waals surface area contributed by atoms with E-state index in [4.69, 9.17) is 25.8 Å². The highest BCUT2D eigenvalue weighted by Gasteiger charge is 2.18. The minimum Gasteiger partial charge on any atom is -0.486 e. The minimum absolute atomic E-state index is 0.101. The summed E-state index contributed by atoms with van der Waals surface area (Å²) in [5.74, 6) is -1.00. The molecule has 140 valence electrons. The Hall–Kier alpha value is -3.06. The van der Waals surface area contributed by atoms with E-state index in [2.05, 4.69) is 5.32 Å². The van der Waals surface area contributed by atoms with Gasteiger partial charge in [-0.05, 0) is 29.8 Å². The molecular formula is C19H16ClNO6. The molecular weight excluding hydrogens is 374 g/mol. The zero-order chi connectivity index (χ0) is 19.2. The van der Waals surface area contributed by atoms with Crippen LogP contribution < -0.4 is 14.8 Å². The summed E-state index contributed by atoms with van der Waals surface area (Å²) < 4.78 is 15.8. The van der Waals surface area contributed by atoms with Gasteiger partial charge in [0.25, 0.3) is 11.8 Å². The zero-order valence-electron chi connectivity index (χ0n) is 14.2. The average molecular weight is 390 g/mol. The van der Waals surface area contributed by atoms with Crippen molar-refractivity contribution >= 4 is 29.4 Å². The highest BCUT2D eigenvalue weighted by atomic mass is 35.5. The van der Waals surface area contributed by atoms with Crippen LogP contribution in [0.25, 0.3) is 0 Å². The lowest BCUT2D eigenvalue weighted by molar-refractivity contribution is -0.147. The Balaban J connectivity index is 1.50. The number of rotatable bonds is 5. The van der Waals surface area contributed by atoms with Gasteiger partial charge in [-0.1, -0.05) is 29.8 Å². The molecule has 0 spiro atoms. The minimum atomic E-state index is -0.711. The van der Waals surface area contributed by atoms with Gasteiger partial charge in [-0.25, -0.2) is 0 Å². The Morgan fingerprint density at radius 2 is 1.81 bits per heavy atom. The third kappa shape index (κ3) is 4.98. The van der Waals surface area contributed by atoms with Crippen LogP contribution in [0.15, 0.2) is 42.5 Å². The Morgan fingerprint density at radius 3 is 2.59 bits per heavy atom. The highest BCUT2D eigenvalue weighted by molar-refractivity contribution is 6.32. The van der Waals surface area contributed by atoms with E-state index in [0.29, 0.717) is 40.9 Å². The molecule has 0 unspecified atom stereocenters. The number of esters is 1. The van der Waals surface area contributed by atoms with E-state index in [-0.39, 0.29) is 6.42 Å². The van der Waals surface area contributed by atoms with Gasteiger partial charge in [0.05, 0.1) is 11.4 Å². The smallest absolute Gasteiger partial charge is 0.310 e. The summed E-state index contributed by atoms with van der Waals surface area (Å²) in [5, 5.41) is 2.49. The van der Waals surface area contributed by atoms with Gasteiger partial charge in [0, 0.05) is 5.56 Å². The van der Waals surface area contributed by atoms with E-state index in [1.807, 2.05) is 0 Å². The van der Waals surface area contributed by atoms with Crippen molar-refractivity contribution in [1.29, 1.82) is 0 Å². The topological polar surface area (TPSA) is 90.9 Å². The number of amides is 2. The fraction of sp³-hybridized carbons (Fsp3) is 0.211. The molecule has 0 bridgehead atoms. The largest absolute Gasteiger partial charge is 0.486 e. The first-order valence-electron chi connectivity index (χ1n) is 8.16. The second-order valence-corrected chi connectivity index (χ2v) is 6.09. The summed E-state index contributed by atoms with van der Waals surface area (Å²) >= 11 is 6.12. The predicted molar refractivity (Wildman–Crippen MR) is 96.0 cm³/mol. The molecule has 1 N–H and O–H groups in total. The predicted octanol–water partition coefficient (Wildman–Crippen LogP) is 2.15. The summed E-state index contributed by atoms with van der Waals surface area (Å²) in [4.78, 5) is 35.6. The Morgan fingerprint density at radius 1 is 1.07 bits per heavy atom. The number of carbonyl (C=O) groups is 3. The van der Waals surface area contributed by atoms with E-state index < -0.39 is 24.4 Å². The van der Waals surface area contributed by atoms with Gasteiger partial charge in [0.1, 0.15) is 13.2 Å². The molecule has 1 aliphatic heterocycles. The second kappa shape index (κ2) is 8.55. The molecule has 2 aromatic rings. The molecule has 2 amide bonds. The van der Waals surface area contributed by atoms with Crippen molar-refractivity contribution in [3.05, 3.63) is 58.6 Å². The molecule has 0 atom stereocenters. The van der Waals surface area contributed by atoms with Gasteiger partial charge in [-0.15, -0.1) is 0 Å². The molecule has 1 aliphatic rings. The van der Waals surface area contributed by atoms with Gasteiger partial charge in [-0.3, -0.25) is 19.7 Å². The van der Waals surface area contributed by atoms with Crippen LogP contribution in [-0.4, -0.2) is 37.6 Å². The van der Waals surface area contributed by atoms with Crippen LogP contribution in [0.1, 0.15) is 15.9 Å². The van der Waals surface area contributed by atoms with Gasteiger partial charge in [-0.2, -0.15) is 0 Å². The zero-order valence-corrected chi connectivity index (χ0v) is 15.0. The van der Waals surface area contributed by atoms with Crippen molar-refractivity contribution in [2.75, 3.05) is 19.8 Å². The van der Waals surface area contributed by atoms with Crippen molar-refractivity contribution < 1.29 is 28.6 Å². The lowest BCUT2D eigenvalue weighted by Gasteiger charge is -2.20. The second-order valence-electron chi connectivity index (χ2n) is 5.68. The monoisotopic (exact) mass is 389 g/mol. The fourth-order valence-corrected chi connectivity index (χ4v) is 2.74. The maximum Gasteiger partial charge on any atom is 0.310 e. The molecule has 0 radical (unpaired) electrons. The SMILES string of the molecule is O=C(COC(=O)Cc1cc(Cl)c2c(c1)OCCO2)NC(=O)c1ccccc1. The van der Waals surface area contributed by atoms with Gasteiger partial charge >= 0.3 is 5.97 Å². The Labute approximate surface area is 160 Å². The summed E-state index contributed by atoms with van der Waals surface area (Å²) in [6.45, 7) is 0.244. The third-order valence-corrected chi connectivity index (χ3v) is 3.94. The number of hydrogen-bond acceptors (Lipinski definition) is 6. The molecule has 1 heterocycles. The van der Waals surface area contributed by atoms with Crippen LogP contribution in [0, 0.1) is 0 Å². The molecule has 27 heavy (non-hydrogen) atoms. The Bertz CT molecular complexity index is 868. The van der Waals surface area contributed by atoms with Crippen LogP contribution in [0.3, 0.4) is 0 Å². The maximum atomic E-state index is 11.9. The lowest BCUT2D eigenvalue weighted by Crippen LogP contribution is -2.34. The van der Waals surface area contributed by atoms with Gasteiger partial charge < -0.3 is 14.2 Å². The van der Waals surface area contributed by atoms with Crippen LogP contribution in [0.4, 0.5) is 0 Å². The summed E-state index contributed by atoms with van der Waals surface area (Å²) in [7, 11) is 0. The molecule has 2 aromatic carbocycles. The quantitative estimate of drug-likeness (QED) is 0.788. The molecule has 0 saturated carbocycles. The number of benzene rings is 2. The van der Waals surface area contributed by atoms with E-state index in [9.17, 15) is 14.4 Å². The first-order valence-corrected chi connectivity index (χ1v) is 8.53. The van der Waals surface area contributed by atoms with Gasteiger partial charge in [0.2, 0.25) is 0 Å². The van der Waals surface area contributed by atoms with Crippen molar-refractivity contribution in [3.8, 4) is 11.5 Å². The number of carbonyl (C=O) groups excluding carboxylic acids is 3. The molecule has 8 heteroatoms. The number of halogens is 1. The third-order valence-electron chi connectivity index (χ3n) is 3.66. The molecule has 0 aliphatic carbocycles. The average Bonchev–Trinajstić information content (AvgIpc) is 2.67. The van der Waals surface area contributed by atoms with Crippen LogP contribution in [0.2, 0.25) is 5.02 Å². The molecule has 0 fully saturated rings. The number of hydrogen-bond donors (Lipinski definition) is 1. The van der Waals surface area contributed by atoms with Crippen molar-refractivity contribution in [2.45, 2.75) is 6.42 Å². The van der Waals surface area contributed by atoms with E-state index in [1.165, 1.54) is 0 Å². The number of nitrogens with one attached hydrogen (secondary N) is 1. The lowest BCUT2D eigenvalue weighted by atomic mass is 10.1. The summed E-state index contributed by atoms with van der Waals surface area (Å²) in [5.41, 5.74) is 0.901. The number of ether oxygens (including phenoxy) is 3. The van der Waals surface area contributed by atoms with Gasteiger partial charge in [0.15, 0.2) is 18.1 Å². The van der Waals surface area contributed by atoms with Crippen LogP contribution in [-0.2, 0) is 20.7 Å². The summed E-state index contributed by atoms with van der Waals surface area (Å²) in [6, 6.07) is 11.5. The van der Waals surface area contributed by atoms with Crippen LogP contribution in [0.5, 0.6) is 11.5 Å². The van der Waals surface area contributed by atoms with Crippen molar-refractivity contribution in [1.82, 2.24) is 5.32 Å². The Kier molecular flexibility index (Phi) is 5.93. The van der Waals surface area contributed by atoms with E-state index in [0.717, 1.165) is 0 Å². The van der Waals surface area contributed by atoms with Crippen molar-refractivity contribution in [3.63, 3.8) is 0 Å². The first kappa shape index (κ1) is 18.7. The first-order chi connectivity index (χ1) is 13.0. The fourth-order valence-electron chi connectivity index (χ4n) is 2.45. The van der Waals surface area contributed by atoms with E-state index in [1.54, 1.807) is 42.5 Å². The number of fused-ring (bicyclic) bond motifs is 1.